The maximum atomic E-state index is 4.04. The highest BCUT2D eigenvalue weighted by molar-refractivity contribution is 5.45. The fourth-order valence-electron chi connectivity index (χ4n) is 1.76. The number of aromatic nitrogens is 3. The number of rotatable bonds is 3. The van der Waals surface area contributed by atoms with Gasteiger partial charge in [0.1, 0.15) is 5.69 Å². The number of anilines is 1. The van der Waals surface area contributed by atoms with Crippen molar-refractivity contribution in [2.75, 3.05) is 5.32 Å². The highest BCUT2D eigenvalue weighted by Gasteiger charge is 2.12. The molecule has 2 aromatic rings. The molecule has 0 saturated carbocycles. The molecule has 0 atom stereocenters. The van der Waals surface area contributed by atoms with Gasteiger partial charge in [0, 0.05) is 18.9 Å². The first-order valence-electron chi connectivity index (χ1n) is 6.15. The van der Waals surface area contributed by atoms with Gasteiger partial charge in [-0.05, 0) is 23.1 Å². The van der Waals surface area contributed by atoms with E-state index in [0.717, 1.165) is 11.4 Å². The molecule has 1 heterocycles. The van der Waals surface area contributed by atoms with Gasteiger partial charge in [-0.3, -0.25) is 4.68 Å². The molecular weight excluding hydrogens is 224 g/mol. The first-order valence-corrected chi connectivity index (χ1v) is 6.15. The number of hydrogen-bond donors (Lipinski definition) is 1. The van der Waals surface area contributed by atoms with Gasteiger partial charge in [0.15, 0.2) is 0 Å². The Morgan fingerprint density at radius 1 is 1.17 bits per heavy atom. The van der Waals surface area contributed by atoms with E-state index in [1.54, 1.807) is 4.68 Å². The molecule has 0 aliphatic carbocycles. The molecule has 4 heteroatoms. The van der Waals surface area contributed by atoms with Crippen LogP contribution in [0.1, 0.15) is 32.0 Å². The average molecular weight is 244 g/mol. The summed E-state index contributed by atoms with van der Waals surface area (Å²) in [4.78, 5) is 0. The van der Waals surface area contributed by atoms with Crippen molar-refractivity contribution in [3.05, 3.63) is 41.7 Å². The van der Waals surface area contributed by atoms with Crippen LogP contribution in [0.2, 0.25) is 0 Å². The average Bonchev–Trinajstić information content (AvgIpc) is 2.72. The fraction of sp³-hybridized carbons (Fsp3) is 0.429. The van der Waals surface area contributed by atoms with E-state index < -0.39 is 0 Å². The molecule has 18 heavy (non-hydrogen) atoms. The first kappa shape index (κ1) is 12.6. The molecule has 1 aromatic heterocycles. The molecular formula is C14H20N4. The Morgan fingerprint density at radius 3 is 2.33 bits per heavy atom. The second-order valence-electron chi connectivity index (χ2n) is 5.56. The number of nitrogens with one attached hydrogen (secondary N) is 1. The van der Waals surface area contributed by atoms with E-state index in [1.807, 2.05) is 13.2 Å². The molecule has 0 spiro atoms. The Hall–Kier alpha value is -1.84. The van der Waals surface area contributed by atoms with Crippen molar-refractivity contribution >= 4 is 5.69 Å². The molecule has 0 radical (unpaired) electrons. The molecule has 4 nitrogen and oxygen atoms in total. The van der Waals surface area contributed by atoms with Gasteiger partial charge in [0.25, 0.3) is 0 Å². The van der Waals surface area contributed by atoms with Crippen LogP contribution in [0.25, 0.3) is 0 Å². The van der Waals surface area contributed by atoms with Crippen LogP contribution in [0.15, 0.2) is 30.5 Å². The minimum absolute atomic E-state index is 0.198. The Balaban J connectivity index is 1.98. The summed E-state index contributed by atoms with van der Waals surface area (Å²) in [6, 6.07) is 8.55. The van der Waals surface area contributed by atoms with Gasteiger partial charge in [0.2, 0.25) is 0 Å². The molecule has 0 unspecified atom stereocenters. The molecule has 0 fully saturated rings. The third-order valence-corrected chi connectivity index (χ3v) is 2.87. The highest BCUT2D eigenvalue weighted by Crippen LogP contribution is 2.23. The van der Waals surface area contributed by atoms with Gasteiger partial charge in [-0.25, -0.2) is 0 Å². The third-order valence-electron chi connectivity index (χ3n) is 2.87. The van der Waals surface area contributed by atoms with Crippen LogP contribution in [0, 0.1) is 0 Å². The molecule has 1 N–H and O–H groups in total. The second-order valence-corrected chi connectivity index (χ2v) is 5.56. The SMILES string of the molecule is Cn1cc(CNc2ccc(C(C)(C)C)cc2)nn1. The van der Waals surface area contributed by atoms with Crippen molar-refractivity contribution < 1.29 is 0 Å². The lowest BCUT2D eigenvalue weighted by Crippen LogP contribution is -2.10. The maximum Gasteiger partial charge on any atom is 0.102 e. The smallest absolute Gasteiger partial charge is 0.102 e. The summed E-state index contributed by atoms with van der Waals surface area (Å²) in [5, 5.41) is 11.3. The number of aryl methyl sites for hydroxylation is 1. The first-order chi connectivity index (χ1) is 8.45. The van der Waals surface area contributed by atoms with Crippen LogP contribution < -0.4 is 5.32 Å². The number of hydrogen-bond acceptors (Lipinski definition) is 3. The van der Waals surface area contributed by atoms with E-state index in [0.29, 0.717) is 6.54 Å². The Labute approximate surface area is 108 Å². The van der Waals surface area contributed by atoms with E-state index in [2.05, 4.69) is 60.7 Å². The van der Waals surface area contributed by atoms with Crippen LogP contribution in [0.4, 0.5) is 5.69 Å². The summed E-state index contributed by atoms with van der Waals surface area (Å²) in [5.74, 6) is 0. The normalized spacial score (nSPS) is 11.6. The Morgan fingerprint density at radius 2 is 1.83 bits per heavy atom. The largest absolute Gasteiger partial charge is 0.379 e. The topological polar surface area (TPSA) is 42.7 Å². The molecule has 2 rings (SSSR count). The van der Waals surface area contributed by atoms with Gasteiger partial charge < -0.3 is 5.32 Å². The van der Waals surface area contributed by atoms with Crippen molar-refractivity contribution in [1.82, 2.24) is 15.0 Å². The van der Waals surface area contributed by atoms with Gasteiger partial charge in [-0.2, -0.15) is 0 Å². The lowest BCUT2D eigenvalue weighted by atomic mass is 9.87. The molecule has 0 aliphatic heterocycles. The number of benzene rings is 1. The minimum atomic E-state index is 0.198. The Kier molecular flexibility index (Phi) is 3.36. The van der Waals surface area contributed by atoms with Gasteiger partial charge in [0.05, 0.1) is 6.54 Å². The predicted octanol–water partition coefficient (Wildman–Crippen LogP) is 2.72. The van der Waals surface area contributed by atoms with E-state index in [1.165, 1.54) is 5.56 Å². The lowest BCUT2D eigenvalue weighted by Gasteiger charge is -2.19. The van der Waals surface area contributed by atoms with Crippen molar-refractivity contribution in [2.24, 2.45) is 7.05 Å². The molecule has 0 amide bonds. The quantitative estimate of drug-likeness (QED) is 0.902. The summed E-state index contributed by atoms with van der Waals surface area (Å²) in [6.45, 7) is 7.35. The lowest BCUT2D eigenvalue weighted by molar-refractivity contribution is 0.590. The maximum absolute atomic E-state index is 4.04. The van der Waals surface area contributed by atoms with Crippen molar-refractivity contribution in [2.45, 2.75) is 32.7 Å². The molecule has 1 aromatic carbocycles. The van der Waals surface area contributed by atoms with E-state index >= 15 is 0 Å². The van der Waals surface area contributed by atoms with Crippen LogP contribution >= 0.6 is 0 Å². The molecule has 0 bridgehead atoms. The van der Waals surface area contributed by atoms with Crippen LogP contribution in [-0.4, -0.2) is 15.0 Å². The molecule has 0 aliphatic rings. The fourth-order valence-corrected chi connectivity index (χ4v) is 1.76. The second kappa shape index (κ2) is 4.80. The van der Waals surface area contributed by atoms with E-state index in [4.69, 9.17) is 0 Å². The monoisotopic (exact) mass is 244 g/mol. The van der Waals surface area contributed by atoms with E-state index in [-0.39, 0.29) is 5.41 Å². The van der Waals surface area contributed by atoms with Crippen LogP contribution in [0.3, 0.4) is 0 Å². The highest BCUT2D eigenvalue weighted by atomic mass is 15.4. The van der Waals surface area contributed by atoms with Crippen molar-refractivity contribution in [3.8, 4) is 0 Å². The third kappa shape index (κ3) is 3.09. The summed E-state index contributed by atoms with van der Waals surface area (Å²) in [6.07, 6.45) is 1.91. The zero-order valence-corrected chi connectivity index (χ0v) is 11.4. The standard InChI is InChI=1S/C14H20N4/c1-14(2,3)11-5-7-12(8-6-11)15-9-13-10-18(4)17-16-13/h5-8,10,15H,9H2,1-4H3. The van der Waals surface area contributed by atoms with Gasteiger partial charge >= 0.3 is 0 Å². The van der Waals surface area contributed by atoms with E-state index in [9.17, 15) is 0 Å². The molecule has 0 saturated heterocycles. The number of nitrogens with zero attached hydrogens (tertiary/aromatic N) is 3. The molecule has 96 valence electrons. The van der Waals surface area contributed by atoms with Gasteiger partial charge in [-0.15, -0.1) is 5.10 Å². The minimum Gasteiger partial charge on any atom is -0.379 e. The van der Waals surface area contributed by atoms with Crippen LogP contribution in [0.5, 0.6) is 0 Å². The predicted molar refractivity (Wildman–Crippen MR) is 73.5 cm³/mol. The zero-order valence-electron chi connectivity index (χ0n) is 11.4. The summed E-state index contributed by atoms with van der Waals surface area (Å²) in [5.41, 5.74) is 3.59. The zero-order chi connectivity index (χ0) is 13.2. The summed E-state index contributed by atoms with van der Waals surface area (Å²) in [7, 11) is 1.87. The summed E-state index contributed by atoms with van der Waals surface area (Å²) >= 11 is 0. The van der Waals surface area contributed by atoms with Crippen molar-refractivity contribution in [1.29, 1.82) is 0 Å². The Bertz CT molecular complexity index is 505. The van der Waals surface area contributed by atoms with Crippen molar-refractivity contribution in [3.63, 3.8) is 0 Å². The van der Waals surface area contributed by atoms with Crippen LogP contribution in [-0.2, 0) is 19.0 Å². The summed E-state index contributed by atoms with van der Waals surface area (Å²) < 4.78 is 1.71. The van der Waals surface area contributed by atoms with Gasteiger partial charge in [-0.1, -0.05) is 38.1 Å².